The summed E-state index contributed by atoms with van der Waals surface area (Å²) in [5.41, 5.74) is 2.48. The summed E-state index contributed by atoms with van der Waals surface area (Å²) in [7, 11) is 0. The molecule has 2 aromatic rings. The largest absolute Gasteiger partial charge is 0.335 e. The maximum atomic E-state index is 5.22. The summed E-state index contributed by atoms with van der Waals surface area (Å²) in [5, 5.41) is 0. The van der Waals surface area contributed by atoms with E-state index in [9.17, 15) is 0 Å². The van der Waals surface area contributed by atoms with E-state index in [1.807, 2.05) is 18.3 Å². The highest BCUT2D eigenvalue weighted by molar-refractivity contribution is 7.71. The highest BCUT2D eigenvalue weighted by atomic mass is 32.1. The van der Waals surface area contributed by atoms with E-state index in [-0.39, 0.29) is 0 Å². The first-order valence-corrected chi connectivity index (χ1v) is 6.10. The van der Waals surface area contributed by atoms with Crippen LogP contribution >= 0.6 is 23.6 Å². The number of imidazole rings is 1. The molecule has 0 saturated heterocycles. The van der Waals surface area contributed by atoms with Crippen molar-refractivity contribution in [1.29, 1.82) is 0 Å². The van der Waals surface area contributed by atoms with Crippen molar-refractivity contribution in [1.82, 2.24) is 9.55 Å². The molecule has 0 saturated carbocycles. The molecule has 0 aliphatic carbocycles. The van der Waals surface area contributed by atoms with Crippen LogP contribution in [0.5, 0.6) is 0 Å². The molecule has 1 N–H and O–H groups in total. The molecule has 80 valence electrons. The van der Waals surface area contributed by atoms with Crippen LogP contribution in [0, 0.1) is 25.5 Å². The number of nitrogens with one attached hydrogen (secondary N) is 1. The normalized spacial score (nSPS) is 10.9. The van der Waals surface area contributed by atoms with Crippen molar-refractivity contribution in [2.45, 2.75) is 27.3 Å². The van der Waals surface area contributed by atoms with Gasteiger partial charge in [-0.1, -0.05) is 0 Å². The second-order valence-electron chi connectivity index (χ2n) is 3.82. The minimum Gasteiger partial charge on any atom is -0.335 e. The Morgan fingerprint density at radius 2 is 2.13 bits per heavy atom. The smallest absolute Gasteiger partial charge is 0.177 e. The van der Waals surface area contributed by atoms with E-state index in [1.165, 1.54) is 15.3 Å². The number of aromatic nitrogens is 2. The van der Waals surface area contributed by atoms with Crippen molar-refractivity contribution in [2.75, 3.05) is 0 Å². The summed E-state index contributed by atoms with van der Waals surface area (Å²) in [5.74, 6) is 0. The van der Waals surface area contributed by atoms with Gasteiger partial charge >= 0.3 is 0 Å². The third-order valence-electron chi connectivity index (χ3n) is 2.46. The Morgan fingerprint density at radius 1 is 1.40 bits per heavy atom. The number of rotatable bonds is 2. The molecule has 2 nitrogen and oxygen atoms in total. The van der Waals surface area contributed by atoms with Crippen LogP contribution in [0.2, 0.25) is 0 Å². The molecule has 0 unspecified atom stereocenters. The van der Waals surface area contributed by atoms with Crippen LogP contribution in [0.15, 0.2) is 12.3 Å². The zero-order valence-electron chi connectivity index (χ0n) is 9.13. The number of hydrogen-bond acceptors (Lipinski definition) is 2. The molecule has 0 atom stereocenters. The second kappa shape index (κ2) is 3.94. The van der Waals surface area contributed by atoms with E-state index in [0.717, 1.165) is 17.0 Å². The third-order valence-corrected chi connectivity index (χ3v) is 3.93. The first kappa shape index (κ1) is 10.6. The Morgan fingerprint density at radius 3 is 2.60 bits per heavy atom. The number of aromatic amines is 1. The van der Waals surface area contributed by atoms with Crippen molar-refractivity contribution in [2.24, 2.45) is 0 Å². The molecular weight excluding hydrogens is 224 g/mol. The lowest BCUT2D eigenvalue weighted by molar-refractivity contribution is 0.795. The lowest BCUT2D eigenvalue weighted by Crippen LogP contribution is -1.95. The molecule has 0 spiro atoms. The molecule has 4 heteroatoms. The maximum absolute atomic E-state index is 5.22. The van der Waals surface area contributed by atoms with Crippen LogP contribution < -0.4 is 0 Å². The second-order valence-corrected chi connectivity index (χ2v) is 5.55. The predicted octanol–water partition coefficient (Wildman–Crippen LogP) is 3.58. The average molecular weight is 238 g/mol. The molecule has 15 heavy (non-hydrogen) atoms. The van der Waals surface area contributed by atoms with Crippen molar-refractivity contribution in [3.63, 3.8) is 0 Å². The van der Waals surface area contributed by atoms with Gasteiger partial charge in [-0.2, -0.15) is 0 Å². The van der Waals surface area contributed by atoms with Gasteiger partial charge in [0.15, 0.2) is 4.77 Å². The van der Waals surface area contributed by atoms with E-state index < -0.39 is 0 Å². The molecule has 0 aromatic carbocycles. The Hall–Kier alpha value is -0.870. The van der Waals surface area contributed by atoms with Gasteiger partial charge in [0.2, 0.25) is 0 Å². The lowest BCUT2D eigenvalue weighted by Gasteiger charge is -1.97. The van der Waals surface area contributed by atoms with Crippen LogP contribution in [-0.2, 0) is 6.54 Å². The molecule has 2 rings (SSSR count). The number of thiophene rings is 1. The summed E-state index contributed by atoms with van der Waals surface area (Å²) >= 11 is 7.07. The van der Waals surface area contributed by atoms with E-state index in [1.54, 1.807) is 0 Å². The molecule has 0 amide bonds. The highest BCUT2D eigenvalue weighted by Crippen LogP contribution is 2.21. The van der Waals surface area contributed by atoms with E-state index in [4.69, 9.17) is 12.2 Å². The molecule has 0 aliphatic rings. The van der Waals surface area contributed by atoms with Crippen molar-refractivity contribution < 1.29 is 0 Å². The molecule has 0 fully saturated rings. The summed E-state index contributed by atoms with van der Waals surface area (Å²) < 4.78 is 2.88. The molecular formula is C11H14N2S2. The zero-order valence-corrected chi connectivity index (χ0v) is 10.8. The molecule has 0 bridgehead atoms. The number of nitrogens with zero attached hydrogens (tertiary/aromatic N) is 1. The number of hydrogen-bond donors (Lipinski definition) is 1. The monoisotopic (exact) mass is 238 g/mol. The fourth-order valence-electron chi connectivity index (χ4n) is 1.58. The van der Waals surface area contributed by atoms with Gasteiger partial charge in [0.05, 0.1) is 6.54 Å². The molecule has 2 aromatic heterocycles. The Balaban J connectivity index is 2.29. The molecule has 2 heterocycles. The first-order chi connectivity index (χ1) is 7.06. The minimum atomic E-state index is 0.802. The quantitative estimate of drug-likeness (QED) is 0.793. The Bertz CT molecular complexity index is 512. The summed E-state index contributed by atoms with van der Waals surface area (Å²) in [6.07, 6.45) is 2.06. The Kier molecular flexibility index (Phi) is 2.80. The fraction of sp³-hybridized carbons (Fsp3) is 0.364. The Labute approximate surface area is 98.6 Å². The summed E-state index contributed by atoms with van der Waals surface area (Å²) in [6.45, 7) is 7.21. The van der Waals surface area contributed by atoms with Gasteiger partial charge in [0, 0.05) is 21.6 Å². The molecule has 0 aliphatic heterocycles. The van der Waals surface area contributed by atoms with E-state index in [2.05, 4.69) is 35.7 Å². The zero-order chi connectivity index (χ0) is 11.0. The van der Waals surface area contributed by atoms with Crippen molar-refractivity contribution in [3.8, 4) is 0 Å². The fourth-order valence-corrected chi connectivity index (χ4v) is 2.91. The van der Waals surface area contributed by atoms with Gasteiger partial charge < -0.3 is 9.55 Å². The van der Waals surface area contributed by atoms with Crippen LogP contribution in [0.25, 0.3) is 0 Å². The number of aryl methyl sites for hydroxylation is 3. The summed E-state index contributed by atoms with van der Waals surface area (Å²) in [4.78, 5) is 5.89. The van der Waals surface area contributed by atoms with Crippen LogP contribution in [-0.4, -0.2) is 9.55 Å². The predicted molar refractivity (Wildman–Crippen MR) is 67.2 cm³/mol. The van der Waals surface area contributed by atoms with Crippen molar-refractivity contribution in [3.05, 3.63) is 38.0 Å². The van der Waals surface area contributed by atoms with Crippen LogP contribution in [0.4, 0.5) is 0 Å². The van der Waals surface area contributed by atoms with Crippen molar-refractivity contribution >= 4 is 23.6 Å². The van der Waals surface area contributed by atoms with Crippen LogP contribution in [0.3, 0.4) is 0 Å². The highest BCUT2D eigenvalue weighted by Gasteiger charge is 2.03. The molecule has 0 radical (unpaired) electrons. The SMILES string of the molecule is Cc1cn(Cc2cc(C)c(C)s2)c(=S)[nH]1. The topological polar surface area (TPSA) is 20.7 Å². The third kappa shape index (κ3) is 2.21. The summed E-state index contributed by atoms with van der Waals surface area (Å²) in [6, 6.07) is 2.24. The number of H-pyrrole nitrogens is 1. The van der Waals surface area contributed by atoms with Gasteiger partial charge in [-0.3, -0.25) is 0 Å². The minimum absolute atomic E-state index is 0.802. The van der Waals surface area contributed by atoms with E-state index in [0.29, 0.717) is 0 Å². The van der Waals surface area contributed by atoms with E-state index >= 15 is 0 Å². The van der Waals surface area contributed by atoms with Gasteiger partial charge in [-0.25, -0.2) is 0 Å². The van der Waals surface area contributed by atoms with Crippen LogP contribution in [0.1, 0.15) is 21.0 Å². The van der Waals surface area contributed by atoms with Gasteiger partial charge in [-0.15, -0.1) is 11.3 Å². The first-order valence-electron chi connectivity index (χ1n) is 4.88. The average Bonchev–Trinajstić information content (AvgIpc) is 2.59. The van der Waals surface area contributed by atoms with Gasteiger partial charge in [-0.05, 0) is 44.6 Å². The lowest BCUT2D eigenvalue weighted by atomic mass is 10.3. The van der Waals surface area contributed by atoms with Gasteiger partial charge in [0.25, 0.3) is 0 Å². The maximum Gasteiger partial charge on any atom is 0.177 e. The standard InChI is InChI=1S/C11H14N2S2/c1-7-4-10(15-9(7)3)6-13-5-8(2)12-11(13)14/h4-5H,6H2,1-3H3,(H,12,14). The van der Waals surface area contributed by atoms with Gasteiger partial charge in [0.1, 0.15) is 0 Å².